The lowest BCUT2D eigenvalue weighted by Gasteiger charge is -2.58. The van der Waals surface area contributed by atoms with Gasteiger partial charge in [0, 0.05) is 24.2 Å². The zero-order chi connectivity index (χ0) is 18.9. The molecule has 3 saturated carbocycles. The molecule has 0 bridgehead atoms. The van der Waals surface area contributed by atoms with E-state index in [-0.39, 0.29) is 41.2 Å². The minimum atomic E-state index is -1.41. The Morgan fingerprint density at radius 1 is 1.19 bits per heavy atom. The SMILES string of the molecule is C[C@]12CCC(=O)C=C1CC[C@@H]1[C@@H]2C(=O)C[C@@]2(C)[C@H]1CC[C@@]2(O)[C@H](O)CO. The zero-order valence-electron chi connectivity index (χ0n) is 15.7. The van der Waals surface area contributed by atoms with E-state index in [9.17, 15) is 24.9 Å². The molecule has 0 radical (unpaired) electrons. The topological polar surface area (TPSA) is 94.8 Å². The Labute approximate surface area is 154 Å². The van der Waals surface area contributed by atoms with Gasteiger partial charge in [0.25, 0.3) is 0 Å². The summed E-state index contributed by atoms with van der Waals surface area (Å²) in [5.74, 6) is 0.568. The van der Waals surface area contributed by atoms with E-state index in [0.717, 1.165) is 31.3 Å². The average molecular weight is 362 g/mol. The summed E-state index contributed by atoms with van der Waals surface area (Å²) >= 11 is 0. The average Bonchev–Trinajstić information content (AvgIpc) is 2.86. The van der Waals surface area contributed by atoms with Crippen LogP contribution in [0.5, 0.6) is 0 Å². The van der Waals surface area contributed by atoms with Gasteiger partial charge in [-0.1, -0.05) is 19.4 Å². The highest BCUT2D eigenvalue weighted by Crippen LogP contribution is 2.66. The fraction of sp³-hybridized carbons (Fsp3) is 0.810. The number of carbonyl (C=O) groups is 2. The Balaban J connectivity index is 1.74. The van der Waals surface area contributed by atoms with Crippen LogP contribution in [0.3, 0.4) is 0 Å². The minimum absolute atomic E-state index is 0.0951. The molecule has 0 aromatic heterocycles. The molecule has 0 amide bonds. The van der Waals surface area contributed by atoms with Crippen LogP contribution in [0.15, 0.2) is 11.6 Å². The fourth-order valence-electron chi connectivity index (χ4n) is 7.12. The lowest BCUT2D eigenvalue weighted by molar-refractivity contribution is -0.187. The highest BCUT2D eigenvalue weighted by atomic mass is 16.4. The fourth-order valence-corrected chi connectivity index (χ4v) is 7.12. The predicted molar refractivity (Wildman–Crippen MR) is 95.1 cm³/mol. The van der Waals surface area contributed by atoms with Crippen LogP contribution >= 0.6 is 0 Å². The van der Waals surface area contributed by atoms with Gasteiger partial charge in [-0.2, -0.15) is 0 Å². The number of aliphatic hydroxyl groups is 3. The number of aliphatic hydroxyl groups excluding tert-OH is 2. The molecule has 4 aliphatic rings. The summed E-state index contributed by atoms with van der Waals surface area (Å²) in [6, 6.07) is 0. The lowest BCUT2D eigenvalue weighted by atomic mass is 9.45. The van der Waals surface area contributed by atoms with Gasteiger partial charge in [0.1, 0.15) is 11.9 Å². The molecular weight excluding hydrogens is 332 g/mol. The van der Waals surface area contributed by atoms with E-state index in [4.69, 9.17) is 0 Å². The van der Waals surface area contributed by atoms with Crippen LogP contribution in [0.25, 0.3) is 0 Å². The van der Waals surface area contributed by atoms with Crippen LogP contribution in [0.1, 0.15) is 58.8 Å². The number of fused-ring (bicyclic) bond motifs is 5. The van der Waals surface area contributed by atoms with Crippen LogP contribution in [-0.4, -0.2) is 45.2 Å². The van der Waals surface area contributed by atoms with Crippen molar-refractivity contribution in [2.75, 3.05) is 6.61 Å². The summed E-state index contributed by atoms with van der Waals surface area (Å²) in [5, 5.41) is 31.0. The maximum atomic E-state index is 13.3. The molecule has 3 fully saturated rings. The first-order chi connectivity index (χ1) is 12.2. The molecule has 0 aromatic rings. The Morgan fingerprint density at radius 3 is 2.62 bits per heavy atom. The van der Waals surface area contributed by atoms with Crippen LogP contribution in [0, 0.1) is 28.6 Å². The number of Topliss-reactive ketones (excluding diaryl/α,β-unsaturated/α-hetero) is 1. The third-order valence-corrected chi connectivity index (χ3v) is 8.59. The Morgan fingerprint density at radius 2 is 1.92 bits per heavy atom. The monoisotopic (exact) mass is 362 g/mol. The second-order valence-corrected chi connectivity index (χ2v) is 9.56. The van der Waals surface area contributed by atoms with Gasteiger partial charge in [-0.05, 0) is 55.4 Å². The standard InChI is InChI=1S/C21H30O5/c1-19-7-5-13(23)9-12(19)3-4-14-15-6-8-21(26,17(25)11-22)20(15,2)10-16(24)18(14)19/h9,14-15,17-18,22,25-26H,3-8,10-11H2,1-2H3/t14-,15-,17+,18+,19-,20-,21+/m0/s1. The van der Waals surface area contributed by atoms with Crippen LogP contribution in [0.4, 0.5) is 0 Å². The molecule has 0 unspecified atom stereocenters. The normalized spacial score (nSPS) is 49.1. The molecule has 0 aliphatic heterocycles. The minimum Gasteiger partial charge on any atom is -0.394 e. The molecule has 4 rings (SSSR count). The number of hydrogen-bond donors (Lipinski definition) is 3. The van der Waals surface area contributed by atoms with Gasteiger partial charge in [0.05, 0.1) is 12.2 Å². The summed E-state index contributed by atoms with van der Waals surface area (Å²) < 4.78 is 0. The van der Waals surface area contributed by atoms with Crippen molar-refractivity contribution >= 4 is 11.6 Å². The molecule has 144 valence electrons. The van der Waals surface area contributed by atoms with Crippen molar-refractivity contribution < 1.29 is 24.9 Å². The first-order valence-electron chi connectivity index (χ1n) is 9.95. The van der Waals surface area contributed by atoms with Crippen molar-refractivity contribution in [3.63, 3.8) is 0 Å². The van der Waals surface area contributed by atoms with Crippen molar-refractivity contribution in [1.82, 2.24) is 0 Å². The van der Waals surface area contributed by atoms with Crippen molar-refractivity contribution in [3.8, 4) is 0 Å². The van der Waals surface area contributed by atoms with E-state index < -0.39 is 23.7 Å². The van der Waals surface area contributed by atoms with E-state index in [2.05, 4.69) is 6.92 Å². The molecule has 0 heterocycles. The molecule has 5 heteroatoms. The summed E-state index contributed by atoms with van der Waals surface area (Å²) in [5.41, 5.74) is -1.22. The maximum absolute atomic E-state index is 13.3. The predicted octanol–water partition coefficient (Wildman–Crippen LogP) is 1.78. The molecule has 4 aliphatic carbocycles. The van der Waals surface area contributed by atoms with Gasteiger partial charge in [0.15, 0.2) is 5.78 Å². The van der Waals surface area contributed by atoms with E-state index in [1.807, 2.05) is 6.92 Å². The first-order valence-corrected chi connectivity index (χ1v) is 9.95. The second-order valence-electron chi connectivity index (χ2n) is 9.56. The number of allylic oxidation sites excluding steroid dienone is 1. The van der Waals surface area contributed by atoms with Crippen molar-refractivity contribution in [3.05, 3.63) is 11.6 Å². The van der Waals surface area contributed by atoms with Crippen LogP contribution in [0.2, 0.25) is 0 Å². The summed E-state index contributed by atoms with van der Waals surface area (Å²) in [6.45, 7) is 3.58. The van der Waals surface area contributed by atoms with E-state index in [0.29, 0.717) is 12.8 Å². The van der Waals surface area contributed by atoms with Crippen molar-refractivity contribution in [2.24, 2.45) is 28.6 Å². The highest BCUT2D eigenvalue weighted by Gasteiger charge is 2.68. The van der Waals surface area contributed by atoms with Gasteiger partial charge in [0.2, 0.25) is 0 Å². The molecule has 0 saturated heterocycles. The number of carbonyl (C=O) groups excluding carboxylic acids is 2. The summed E-state index contributed by atoms with van der Waals surface area (Å²) in [7, 11) is 0. The molecule has 5 nitrogen and oxygen atoms in total. The van der Waals surface area contributed by atoms with Crippen molar-refractivity contribution in [1.29, 1.82) is 0 Å². The Kier molecular flexibility index (Phi) is 4.04. The van der Waals surface area contributed by atoms with Gasteiger partial charge in [-0.15, -0.1) is 0 Å². The number of rotatable bonds is 2. The smallest absolute Gasteiger partial charge is 0.155 e. The van der Waals surface area contributed by atoms with Gasteiger partial charge in [-0.3, -0.25) is 9.59 Å². The summed E-state index contributed by atoms with van der Waals surface area (Å²) in [4.78, 5) is 25.2. The molecular formula is C21H30O5. The van der Waals surface area contributed by atoms with E-state index in [1.54, 1.807) is 6.08 Å². The quantitative estimate of drug-likeness (QED) is 0.696. The molecule has 0 spiro atoms. The summed E-state index contributed by atoms with van der Waals surface area (Å²) in [6.07, 6.45) is 4.93. The third-order valence-electron chi connectivity index (χ3n) is 8.59. The van der Waals surface area contributed by atoms with Gasteiger partial charge < -0.3 is 15.3 Å². The number of ketones is 2. The van der Waals surface area contributed by atoms with E-state index in [1.165, 1.54) is 0 Å². The molecule has 0 aromatic carbocycles. The van der Waals surface area contributed by atoms with Crippen LogP contribution in [-0.2, 0) is 9.59 Å². The van der Waals surface area contributed by atoms with Crippen molar-refractivity contribution in [2.45, 2.75) is 70.5 Å². The number of hydrogen-bond acceptors (Lipinski definition) is 5. The largest absolute Gasteiger partial charge is 0.394 e. The lowest BCUT2D eigenvalue weighted by Crippen LogP contribution is -2.62. The first kappa shape index (κ1) is 18.3. The Hall–Kier alpha value is -1.04. The molecule has 26 heavy (non-hydrogen) atoms. The molecule has 7 atom stereocenters. The van der Waals surface area contributed by atoms with Gasteiger partial charge in [-0.25, -0.2) is 0 Å². The zero-order valence-corrected chi connectivity index (χ0v) is 15.7. The van der Waals surface area contributed by atoms with Crippen LogP contribution < -0.4 is 0 Å². The Bertz CT molecular complexity index is 684. The maximum Gasteiger partial charge on any atom is 0.155 e. The third kappa shape index (κ3) is 2.14. The highest BCUT2D eigenvalue weighted by molar-refractivity contribution is 5.93. The van der Waals surface area contributed by atoms with E-state index >= 15 is 0 Å². The van der Waals surface area contributed by atoms with Gasteiger partial charge >= 0.3 is 0 Å². The second kappa shape index (κ2) is 5.73. The molecule has 3 N–H and O–H groups in total.